The van der Waals surface area contributed by atoms with E-state index in [1.807, 2.05) is 6.92 Å². The number of benzene rings is 2. The number of carbonyl (C=O) groups is 2. The van der Waals surface area contributed by atoms with Crippen LogP contribution in [0.25, 0.3) is 0 Å². The lowest BCUT2D eigenvalue weighted by atomic mass is 9.75. The van der Waals surface area contributed by atoms with E-state index < -0.39 is 23.1 Å². The Morgan fingerprint density at radius 2 is 1.43 bits per heavy atom. The van der Waals surface area contributed by atoms with Crippen LogP contribution in [0.5, 0.6) is 11.5 Å². The largest absolute Gasteiger partial charge is 0.507 e. The van der Waals surface area contributed by atoms with E-state index in [4.69, 9.17) is 11.5 Å². The van der Waals surface area contributed by atoms with E-state index in [2.05, 4.69) is 0 Å². The summed E-state index contributed by atoms with van der Waals surface area (Å²) in [5, 5.41) is 20.5. The number of carbonyl (C=O) groups excluding carboxylic acids is 2. The fourth-order valence-electron chi connectivity index (χ4n) is 3.49. The Kier molecular flexibility index (Phi) is 6.90. The molecule has 1 unspecified atom stereocenters. The van der Waals surface area contributed by atoms with Crippen molar-refractivity contribution in [3.8, 4) is 11.5 Å². The molecule has 0 saturated carbocycles. The van der Waals surface area contributed by atoms with Crippen molar-refractivity contribution in [2.45, 2.75) is 24.9 Å². The van der Waals surface area contributed by atoms with Gasteiger partial charge in [-0.1, -0.05) is 31.2 Å². The Bertz CT molecular complexity index is 796. The van der Waals surface area contributed by atoms with Gasteiger partial charge in [-0.05, 0) is 44.3 Å². The fourth-order valence-corrected chi connectivity index (χ4v) is 3.49. The second-order valence-corrected chi connectivity index (χ2v) is 6.72. The molecule has 0 radical (unpaired) electrons. The zero-order valence-corrected chi connectivity index (χ0v) is 16.1. The van der Waals surface area contributed by atoms with Crippen LogP contribution >= 0.6 is 0 Å². The third-order valence-electron chi connectivity index (χ3n) is 4.94. The Morgan fingerprint density at radius 3 is 1.79 bits per heavy atom. The first kappa shape index (κ1) is 21.6. The first-order valence-electron chi connectivity index (χ1n) is 9.14. The van der Waals surface area contributed by atoms with Crippen LogP contribution in [0.3, 0.4) is 0 Å². The minimum absolute atomic E-state index is 0.0295. The summed E-state index contributed by atoms with van der Waals surface area (Å²) in [6.45, 7) is 2.14. The maximum atomic E-state index is 13.7. The molecule has 0 amide bonds. The highest BCUT2D eigenvalue weighted by Crippen LogP contribution is 2.33. The molecule has 1 atom stereocenters. The summed E-state index contributed by atoms with van der Waals surface area (Å²) >= 11 is 0. The van der Waals surface area contributed by atoms with Crippen molar-refractivity contribution in [2.75, 3.05) is 20.1 Å². The summed E-state index contributed by atoms with van der Waals surface area (Å²) in [5.41, 5.74) is 10.2. The number of Topliss-reactive ketones (excluding diaryl/α,β-unsaturated/α-hetero) is 2. The monoisotopic (exact) mass is 385 g/mol. The Morgan fingerprint density at radius 1 is 1.00 bits per heavy atom. The molecular weight excluding hydrogens is 358 g/mol. The zero-order valence-electron chi connectivity index (χ0n) is 16.1. The molecule has 2 aromatic carbocycles. The van der Waals surface area contributed by atoms with Gasteiger partial charge in [0.1, 0.15) is 11.5 Å². The van der Waals surface area contributed by atoms with Crippen LogP contribution in [0.2, 0.25) is 0 Å². The molecule has 0 aliphatic carbocycles. The van der Waals surface area contributed by atoms with Crippen LogP contribution in [0.4, 0.5) is 0 Å². The fraction of sp³-hybridized carbons (Fsp3) is 0.333. The number of hydrogen-bond donors (Lipinski definition) is 4. The lowest BCUT2D eigenvalue weighted by Gasteiger charge is -2.43. The highest BCUT2D eigenvalue weighted by Gasteiger charge is 2.54. The highest BCUT2D eigenvalue weighted by atomic mass is 16.3. The summed E-state index contributed by atoms with van der Waals surface area (Å²) in [6.07, 6.45) is 0.650. The number of likely N-dealkylation sites (N-methyl/N-ethyl adjacent to an activating group) is 1. The van der Waals surface area contributed by atoms with Gasteiger partial charge in [-0.3, -0.25) is 14.5 Å². The number of aromatic hydroxyl groups is 2. The third-order valence-corrected chi connectivity index (χ3v) is 4.94. The number of para-hydroxylation sites is 2. The van der Waals surface area contributed by atoms with Crippen LogP contribution in [0.15, 0.2) is 48.5 Å². The predicted molar refractivity (Wildman–Crippen MR) is 108 cm³/mol. The van der Waals surface area contributed by atoms with Crippen molar-refractivity contribution >= 4 is 11.6 Å². The van der Waals surface area contributed by atoms with Crippen LogP contribution in [0.1, 0.15) is 34.1 Å². The van der Waals surface area contributed by atoms with E-state index in [1.165, 1.54) is 24.3 Å². The number of phenols is 2. The summed E-state index contributed by atoms with van der Waals surface area (Å²) in [6, 6.07) is 10.9. The Hall–Kier alpha value is -2.74. The first-order valence-corrected chi connectivity index (χ1v) is 9.14. The van der Waals surface area contributed by atoms with E-state index in [0.717, 1.165) is 0 Å². The molecule has 0 fully saturated rings. The Labute approximate surface area is 164 Å². The smallest absolute Gasteiger partial charge is 0.196 e. The normalized spacial score (nSPS) is 12.8. The van der Waals surface area contributed by atoms with Crippen molar-refractivity contribution in [1.82, 2.24) is 4.90 Å². The number of rotatable bonds is 9. The molecule has 0 saturated heterocycles. The van der Waals surface area contributed by atoms with Crippen molar-refractivity contribution < 1.29 is 19.8 Å². The summed E-state index contributed by atoms with van der Waals surface area (Å²) < 4.78 is 0. The molecule has 7 nitrogen and oxygen atoms in total. The first-order chi connectivity index (χ1) is 13.3. The number of phenolic OH excluding ortho intramolecular Hbond substituents is 2. The average Bonchev–Trinajstić information content (AvgIpc) is 2.69. The van der Waals surface area contributed by atoms with Gasteiger partial charge < -0.3 is 21.7 Å². The van der Waals surface area contributed by atoms with Crippen LogP contribution in [0, 0.1) is 0 Å². The molecule has 0 aromatic heterocycles. The molecule has 28 heavy (non-hydrogen) atoms. The predicted octanol–water partition coefficient (Wildman–Crippen LogP) is 1.53. The van der Waals surface area contributed by atoms with Gasteiger partial charge in [-0.25, -0.2) is 0 Å². The van der Waals surface area contributed by atoms with Crippen molar-refractivity contribution in [2.24, 2.45) is 11.5 Å². The van der Waals surface area contributed by atoms with Gasteiger partial charge in [0.2, 0.25) is 0 Å². The van der Waals surface area contributed by atoms with Gasteiger partial charge in [0, 0.05) is 6.54 Å². The van der Waals surface area contributed by atoms with Gasteiger partial charge in [-0.15, -0.1) is 0 Å². The van der Waals surface area contributed by atoms with E-state index in [9.17, 15) is 19.8 Å². The van der Waals surface area contributed by atoms with Gasteiger partial charge >= 0.3 is 0 Å². The number of hydrogen-bond acceptors (Lipinski definition) is 7. The zero-order chi connectivity index (χ0) is 20.9. The molecule has 6 N–H and O–H groups in total. The van der Waals surface area contributed by atoms with Gasteiger partial charge in [0.15, 0.2) is 17.1 Å². The van der Waals surface area contributed by atoms with Crippen molar-refractivity contribution in [3.05, 3.63) is 59.7 Å². The molecule has 7 heteroatoms. The standard InChI is InChI=1S/C21H27N3O4/c1-3-12-24(2)21(18(23)13-22,19(27)14-8-4-6-10-16(14)25)20(28)15-9-5-7-11-17(15)26/h4-11,18,25-26H,3,12-13,22-23H2,1-2H3. The molecule has 0 aliphatic rings. The second-order valence-electron chi connectivity index (χ2n) is 6.72. The third kappa shape index (κ3) is 3.64. The van der Waals surface area contributed by atoms with E-state index in [0.29, 0.717) is 13.0 Å². The molecule has 2 rings (SSSR count). The lowest BCUT2D eigenvalue weighted by Crippen LogP contribution is -2.70. The molecular formula is C21H27N3O4. The molecule has 0 spiro atoms. The number of nitrogens with two attached hydrogens (primary N) is 2. The molecule has 0 bridgehead atoms. The topological polar surface area (TPSA) is 130 Å². The summed E-state index contributed by atoms with van der Waals surface area (Å²) in [7, 11) is 1.62. The maximum Gasteiger partial charge on any atom is 0.196 e. The van der Waals surface area contributed by atoms with E-state index in [-0.39, 0.29) is 29.2 Å². The Balaban J connectivity index is 2.78. The quantitative estimate of drug-likeness (QED) is 0.380. The van der Waals surface area contributed by atoms with Crippen LogP contribution in [-0.4, -0.2) is 58.4 Å². The SMILES string of the molecule is CCCN(C)C(C(=O)c1ccccc1O)(C(=O)c1ccccc1O)C(N)CN. The molecule has 2 aromatic rings. The van der Waals surface area contributed by atoms with E-state index in [1.54, 1.807) is 36.2 Å². The van der Waals surface area contributed by atoms with Crippen LogP contribution < -0.4 is 11.5 Å². The maximum absolute atomic E-state index is 13.7. The second kappa shape index (κ2) is 8.97. The average molecular weight is 385 g/mol. The summed E-state index contributed by atoms with van der Waals surface area (Å²) in [4.78, 5) is 28.9. The van der Waals surface area contributed by atoms with Gasteiger partial charge in [0.05, 0.1) is 17.2 Å². The summed E-state index contributed by atoms with van der Waals surface area (Å²) in [5.74, 6) is -1.83. The minimum Gasteiger partial charge on any atom is -0.507 e. The molecule has 150 valence electrons. The highest BCUT2D eigenvalue weighted by molar-refractivity contribution is 6.25. The molecule has 0 aliphatic heterocycles. The lowest BCUT2D eigenvalue weighted by molar-refractivity contribution is 0.0452. The van der Waals surface area contributed by atoms with Crippen molar-refractivity contribution in [1.29, 1.82) is 0 Å². The molecule has 0 heterocycles. The van der Waals surface area contributed by atoms with Gasteiger partial charge in [0.25, 0.3) is 0 Å². The number of nitrogens with zero attached hydrogens (tertiary/aromatic N) is 1. The number of ketones is 2. The van der Waals surface area contributed by atoms with Crippen LogP contribution in [-0.2, 0) is 0 Å². The van der Waals surface area contributed by atoms with Gasteiger partial charge in [-0.2, -0.15) is 0 Å². The van der Waals surface area contributed by atoms with Crippen molar-refractivity contribution in [3.63, 3.8) is 0 Å². The van der Waals surface area contributed by atoms with E-state index >= 15 is 0 Å². The minimum atomic E-state index is -1.89.